The molecule has 402 valence electrons. The fraction of sp³-hybridized carbons (Fsp3) is 0.362. The molecule has 0 spiro atoms. The number of benzene rings is 4. The predicted octanol–water partition coefficient (Wildman–Crippen LogP) is 7.33. The van der Waals surface area contributed by atoms with Crippen LogP contribution in [0.2, 0.25) is 0 Å². The van der Waals surface area contributed by atoms with Gasteiger partial charge in [-0.15, -0.1) is 0 Å². The monoisotopic (exact) mass is 1080 g/mol. The summed E-state index contributed by atoms with van der Waals surface area (Å²) >= 11 is 1.42. The van der Waals surface area contributed by atoms with Crippen molar-refractivity contribution in [1.29, 1.82) is 0 Å². The number of halogens is 1. The van der Waals surface area contributed by atoms with Gasteiger partial charge in [-0.05, 0) is 142 Å². The lowest BCUT2D eigenvalue weighted by atomic mass is 9.91. The zero-order valence-electron chi connectivity index (χ0n) is 43.3. The van der Waals surface area contributed by atoms with E-state index < -0.39 is 41.5 Å². The maximum atomic E-state index is 15.6. The molecule has 2 aromatic heterocycles. The number of rotatable bonds is 14. The number of carbonyl (C=O) groups is 7. The van der Waals surface area contributed by atoms with Gasteiger partial charge in [-0.1, -0.05) is 47.7 Å². The van der Waals surface area contributed by atoms with Gasteiger partial charge in [0, 0.05) is 56.8 Å². The molecule has 18 nitrogen and oxygen atoms in total. The minimum atomic E-state index is -1.15. The standard InChI is InChI=1S/C58H58FN9O9S/c1-33-37(38-15-17-49(61-51(38)57(75)76)67-24-21-36-9-5-11-39(42(36)32-67)52(70)63-58-60-44-12-3-4-14-48(44)78-58)10-6-13-47(33)77-29-7-8-35-19-22-64(23-20-35)34(2)54(72)66-27-25-65(26-28-66)46-31-41-40(30-43(46)59)55(73)68(56(41)74)45-16-18-50(69)62-53(45)71/h3-6,9-15,17,30-31,34-35,45H,7-8,16,18-29,32H2,1-2H3,(H,75,76)(H,60,63,70)(H,62,69,71). The van der Waals surface area contributed by atoms with Crippen LogP contribution in [-0.2, 0) is 27.3 Å². The molecule has 5 aliphatic rings. The number of pyridine rings is 1. The van der Waals surface area contributed by atoms with Crippen LogP contribution in [0.4, 0.5) is 21.0 Å². The summed E-state index contributed by atoms with van der Waals surface area (Å²) in [6, 6.07) is 23.6. The first kappa shape index (κ1) is 52.0. The molecule has 6 aromatic rings. The molecule has 0 bridgehead atoms. The fourth-order valence-electron chi connectivity index (χ4n) is 11.6. The number of piperazine rings is 1. The Kier molecular flexibility index (Phi) is 14.5. The van der Waals surface area contributed by atoms with Crippen molar-refractivity contribution in [3.05, 3.63) is 130 Å². The van der Waals surface area contributed by atoms with Crippen molar-refractivity contribution in [2.75, 3.05) is 67.5 Å². The molecular weight excluding hydrogens is 1020 g/mol. The number of nitrogens with zero attached hydrogens (tertiary/aromatic N) is 7. The Morgan fingerprint density at radius 2 is 1.58 bits per heavy atom. The van der Waals surface area contributed by atoms with E-state index in [4.69, 9.17) is 9.72 Å². The third-order valence-corrected chi connectivity index (χ3v) is 17.0. The van der Waals surface area contributed by atoms with E-state index in [1.54, 1.807) is 21.9 Å². The van der Waals surface area contributed by atoms with E-state index in [2.05, 4.69) is 20.5 Å². The van der Waals surface area contributed by atoms with Gasteiger partial charge in [-0.3, -0.25) is 49.2 Å². The van der Waals surface area contributed by atoms with Crippen molar-refractivity contribution >= 4 is 79.6 Å². The Labute approximate surface area is 453 Å². The molecule has 2 unspecified atom stereocenters. The molecule has 3 saturated heterocycles. The lowest BCUT2D eigenvalue weighted by Gasteiger charge is -2.40. The highest BCUT2D eigenvalue weighted by Gasteiger charge is 2.45. The third kappa shape index (κ3) is 10.2. The second kappa shape index (κ2) is 21.7. The number of carbonyl (C=O) groups excluding carboxylic acids is 6. The molecule has 0 aliphatic carbocycles. The first-order valence-electron chi connectivity index (χ1n) is 26.5. The first-order valence-corrected chi connectivity index (χ1v) is 27.3. The molecule has 5 aliphatic heterocycles. The number of aromatic carboxylic acids is 1. The van der Waals surface area contributed by atoms with Gasteiger partial charge in [0.05, 0.1) is 39.7 Å². The van der Waals surface area contributed by atoms with E-state index >= 15 is 4.39 Å². The summed E-state index contributed by atoms with van der Waals surface area (Å²) in [5.74, 6) is -3.13. The number of imide groups is 2. The second-order valence-corrected chi connectivity index (χ2v) is 21.6. The summed E-state index contributed by atoms with van der Waals surface area (Å²) in [4.78, 5) is 109. The van der Waals surface area contributed by atoms with Gasteiger partial charge < -0.3 is 24.5 Å². The van der Waals surface area contributed by atoms with Gasteiger partial charge in [-0.2, -0.15) is 0 Å². The summed E-state index contributed by atoms with van der Waals surface area (Å²) in [5.41, 5.74) is 5.24. The summed E-state index contributed by atoms with van der Waals surface area (Å²) < 4.78 is 22.9. The van der Waals surface area contributed by atoms with E-state index in [9.17, 15) is 38.7 Å². The number of thiazole rings is 1. The molecule has 78 heavy (non-hydrogen) atoms. The summed E-state index contributed by atoms with van der Waals surface area (Å²) in [6.45, 7) is 8.21. The van der Waals surface area contributed by atoms with Gasteiger partial charge in [0.2, 0.25) is 17.7 Å². The van der Waals surface area contributed by atoms with Crippen LogP contribution in [0.3, 0.4) is 0 Å². The Bertz CT molecular complexity index is 3390. The largest absolute Gasteiger partial charge is 0.493 e. The molecule has 2 atom stereocenters. The minimum Gasteiger partial charge on any atom is -0.493 e. The van der Waals surface area contributed by atoms with Crippen LogP contribution in [-0.4, -0.2) is 136 Å². The van der Waals surface area contributed by atoms with Crippen LogP contribution in [0.1, 0.15) is 104 Å². The van der Waals surface area contributed by atoms with Crippen LogP contribution in [0, 0.1) is 18.7 Å². The molecule has 3 N–H and O–H groups in total. The molecule has 20 heteroatoms. The predicted molar refractivity (Wildman–Crippen MR) is 290 cm³/mol. The number of anilines is 3. The molecular formula is C58H58FN9O9S. The Balaban J connectivity index is 0.647. The van der Waals surface area contributed by atoms with Crippen molar-refractivity contribution < 1.29 is 47.8 Å². The quantitative estimate of drug-likeness (QED) is 0.0720. The number of para-hydroxylation sites is 1. The summed E-state index contributed by atoms with van der Waals surface area (Å²) in [5, 5.41) is 16.2. The van der Waals surface area contributed by atoms with Crippen LogP contribution in [0.5, 0.6) is 5.75 Å². The third-order valence-electron chi connectivity index (χ3n) is 16.0. The molecule has 4 aromatic carbocycles. The normalized spacial score (nSPS) is 18.5. The lowest BCUT2D eigenvalue weighted by Crippen LogP contribution is -2.55. The molecule has 6 amide bonds. The number of carboxylic acid groups (broad SMARTS) is 1. The number of ether oxygens (including phenoxy) is 1. The fourth-order valence-corrected chi connectivity index (χ4v) is 12.5. The Hall–Kier alpha value is -8.10. The van der Waals surface area contributed by atoms with Gasteiger partial charge in [0.25, 0.3) is 17.7 Å². The first-order chi connectivity index (χ1) is 37.7. The molecule has 11 rings (SSSR count). The number of aromatic nitrogens is 2. The van der Waals surface area contributed by atoms with E-state index in [0.29, 0.717) is 91.6 Å². The maximum absolute atomic E-state index is 15.6. The van der Waals surface area contributed by atoms with E-state index in [0.717, 1.165) is 76.6 Å². The zero-order valence-corrected chi connectivity index (χ0v) is 44.1. The number of amides is 6. The number of carboxylic acids is 1. The van der Waals surface area contributed by atoms with Crippen molar-refractivity contribution in [1.82, 2.24) is 30.0 Å². The zero-order chi connectivity index (χ0) is 54.4. The smallest absolute Gasteiger partial charge is 0.355 e. The van der Waals surface area contributed by atoms with Crippen molar-refractivity contribution in [2.45, 2.75) is 77.4 Å². The summed E-state index contributed by atoms with van der Waals surface area (Å²) in [7, 11) is 0. The number of hydrogen-bond acceptors (Lipinski definition) is 14. The molecule has 0 saturated carbocycles. The number of likely N-dealkylation sites (tertiary alicyclic amines) is 1. The lowest BCUT2D eigenvalue weighted by molar-refractivity contribution is -0.138. The van der Waals surface area contributed by atoms with Crippen molar-refractivity contribution in [3.8, 4) is 16.9 Å². The minimum absolute atomic E-state index is 0.00206. The Morgan fingerprint density at radius 3 is 2.33 bits per heavy atom. The van der Waals surface area contributed by atoms with Crippen molar-refractivity contribution in [2.24, 2.45) is 5.92 Å². The van der Waals surface area contributed by atoms with Crippen molar-refractivity contribution in [3.63, 3.8) is 0 Å². The summed E-state index contributed by atoms with van der Waals surface area (Å²) in [6.07, 6.45) is 4.29. The maximum Gasteiger partial charge on any atom is 0.355 e. The van der Waals surface area contributed by atoms with E-state index in [-0.39, 0.29) is 53.2 Å². The highest BCUT2D eigenvalue weighted by molar-refractivity contribution is 7.22. The SMILES string of the molecule is Cc1c(OCCCC2CCN(C(C)C(=O)N3CCN(c4cc5c(cc4F)C(=O)N(C4CCC(=O)NC4=O)C5=O)CC3)CC2)cccc1-c1ccc(N2CCc3cccc(C(=O)Nc4nc5ccccc5s4)c3C2)nc1C(=O)O. The Morgan fingerprint density at radius 1 is 0.821 bits per heavy atom. The topological polar surface area (TPSA) is 215 Å². The number of piperidine rings is 2. The van der Waals surface area contributed by atoms with Gasteiger partial charge in [-0.25, -0.2) is 19.2 Å². The average Bonchev–Trinajstić information content (AvgIpc) is 4.18. The highest BCUT2D eigenvalue weighted by atomic mass is 32.1. The second-order valence-electron chi connectivity index (χ2n) is 20.6. The van der Waals surface area contributed by atoms with Crippen LogP contribution < -0.4 is 25.2 Å². The van der Waals surface area contributed by atoms with E-state index in [1.807, 2.05) is 79.4 Å². The van der Waals surface area contributed by atoms with Gasteiger partial charge >= 0.3 is 5.97 Å². The molecule has 7 heterocycles. The number of hydrogen-bond donors (Lipinski definition) is 3. The van der Waals surface area contributed by atoms with Crippen LogP contribution in [0.25, 0.3) is 21.3 Å². The van der Waals surface area contributed by atoms with E-state index in [1.165, 1.54) is 17.4 Å². The highest BCUT2D eigenvalue weighted by Crippen LogP contribution is 2.37. The van der Waals surface area contributed by atoms with Gasteiger partial charge in [0.15, 0.2) is 10.8 Å². The average molecular weight is 1080 g/mol. The number of nitrogens with one attached hydrogen (secondary N) is 2. The van der Waals surface area contributed by atoms with Gasteiger partial charge in [0.1, 0.15) is 23.4 Å². The molecule has 0 radical (unpaired) electrons. The molecule has 3 fully saturated rings. The number of fused-ring (bicyclic) bond motifs is 3. The van der Waals surface area contributed by atoms with Crippen LogP contribution >= 0.6 is 11.3 Å². The van der Waals surface area contributed by atoms with Crippen LogP contribution in [0.15, 0.2) is 84.9 Å².